The van der Waals surface area contributed by atoms with Crippen LogP contribution >= 0.6 is 0 Å². The molecule has 1 heterocycles. The van der Waals surface area contributed by atoms with Crippen molar-refractivity contribution >= 4 is 11.6 Å². The van der Waals surface area contributed by atoms with Crippen molar-refractivity contribution in [3.8, 4) is 0 Å². The highest BCUT2D eigenvalue weighted by atomic mass is 16.5. The second-order valence-corrected chi connectivity index (χ2v) is 8.52. The molecule has 5 atom stereocenters. The molecule has 2 saturated carbocycles. The van der Waals surface area contributed by atoms with E-state index in [9.17, 15) is 4.79 Å². The molecule has 2 fully saturated rings. The molecule has 2 aromatic rings. The molecule has 1 amide bonds. The monoisotopic (exact) mass is 376 g/mol. The molecule has 1 aliphatic heterocycles. The topological polar surface area (TPSA) is 50.4 Å². The fourth-order valence-corrected chi connectivity index (χ4v) is 5.99. The first-order valence-electron chi connectivity index (χ1n) is 10.5. The molecule has 2 aromatic carbocycles. The van der Waals surface area contributed by atoms with E-state index in [-0.39, 0.29) is 5.91 Å². The van der Waals surface area contributed by atoms with Gasteiger partial charge in [0.1, 0.15) is 0 Å². The van der Waals surface area contributed by atoms with Crippen molar-refractivity contribution in [3.05, 3.63) is 65.2 Å². The maximum absolute atomic E-state index is 12.6. The van der Waals surface area contributed by atoms with Gasteiger partial charge in [0, 0.05) is 24.9 Å². The fourth-order valence-electron chi connectivity index (χ4n) is 5.99. The molecule has 2 bridgehead atoms. The smallest absolute Gasteiger partial charge is 0.251 e. The first-order valence-corrected chi connectivity index (χ1v) is 10.5. The van der Waals surface area contributed by atoms with Crippen LogP contribution in [0.15, 0.2) is 48.5 Å². The van der Waals surface area contributed by atoms with E-state index in [2.05, 4.69) is 53.1 Å². The number of benzene rings is 2. The largest absolute Gasteiger partial charge is 0.383 e. The van der Waals surface area contributed by atoms with Crippen molar-refractivity contribution in [1.29, 1.82) is 0 Å². The van der Waals surface area contributed by atoms with Crippen molar-refractivity contribution in [2.24, 2.45) is 17.8 Å². The quantitative estimate of drug-likeness (QED) is 0.763. The minimum atomic E-state index is -0.00950. The van der Waals surface area contributed by atoms with Crippen LogP contribution < -0.4 is 10.6 Å². The van der Waals surface area contributed by atoms with Gasteiger partial charge in [-0.25, -0.2) is 0 Å². The zero-order valence-electron chi connectivity index (χ0n) is 16.4. The number of nitrogens with one attached hydrogen (secondary N) is 2. The van der Waals surface area contributed by atoms with Gasteiger partial charge in [0.05, 0.1) is 12.6 Å². The molecule has 0 spiro atoms. The van der Waals surface area contributed by atoms with Crippen LogP contribution in [-0.2, 0) is 4.74 Å². The predicted molar refractivity (Wildman–Crippen MR) is 111 cm³/mol. The van der Waals surface area contributed by atoms with Gasteiger partial charge in [-0.3, -0.25) is 4.79 Å². The summed E-state index contributed by atoms with van der Waals surface area (Å²) >= 11 is 0. The van der Waals surface area contributed by atoms with E-state index in [1.54, 1.807) is 7.11 Å². The van der Waals surface area contributed by atoms with E-state index >= 15 is 0 Å². The van der Waals surface area contributed by atoms with Crippen LogP contribution in [0.25, 0.3) is 0 Å². The molecule has 4 heteroatoms. The zero-order chi connectivity index (χ0) is 19.1. The Morgan fingerprint density at radius 3 is 2.79 bits per heavy atom. The molecule has 2 N–H and O–H groups in total. The van der Waals surface area contributed by atoms with Crippen LogP contribution in [0.5, 0.6) is 0 Å². The Labute approximate surface area is 166 Å². The van der Waals surface area contributed by atoms with Crippen LogP contribution in [0.1, 0.15) is 52.7 Å². The molecule has 28 heavy (non-hydrogen) atoms. The van der Waals surface area contributed by atoms with Gasteiger partial charge in [0.2, 0.25) is 0 Å². The summed E-state index contributed by atoms with van der Waals surface area (Å²) in [5, 5.41) is 6.79. The lowest BCUT2D eigenvalue weighted by atomic mass is 9.68. The van der Waals surface area contributed by atoms with Crippen LogP contribution in [0.4, 0.5) is 5.69 Å². The molecule has 146 valence electrons. The molecule has 0 unspecified atom stereocenters. The lowest BCUT2D eigenvalue weighted by molar-refractivity contribution is 0.0937. The molecular weight excluding hydrogens is 348 g/mol. The van der Waals surface area contributed by atoms with Gasteiger partial charge in [-0.15, -0.1) is 0 Å². The molecule has 0 aromatic heterocycles. The Bertz CT molecular complexity index is 866. The summed E-state index contributed by atoms with van der Waals surface area (Å²) in [5.41, 5.74) is 4.70. The van der Waals surface area contributed by atoms with Crippen molar-refractivity contribution in [1.82, 2.24) is 5.32 Å². The van der Waals surface area contributed by atoms with Gasteiger partial charge in [0.25, 0.3) is 5.91 Å². The number of anilines is 1. The minimum Gasteiger partial charge on any atom is -0.383 e. The molecule has 0 radical (unpaired) electrons. The average molecular weight is 377 g/mol. The Morgan fingerprint density at radius 1 is 1.14 bits per heavy atom. The van der Waals surface area contributed by atoms with Crippen LogP contribution in [0.3, 0.4) is 0 Å². The second-order valence-electron chi connectivity index (χ2n) is 8.52. The maximum Gasteiger partial charge on any atom is 0.251 e. The first kappa shape index (κ1) is 17.7. The summed E-state index contributed by atoms with van der Waals surface area (Å²) in [6.45, 7) is 1.07. The number of hydrogen-bond acceptors (Lipinski definition) is 3. The zero-order valence-corrected chi connectivity index (χ0v) is 16.4. The van der Waals surface area contributed by atoms with E-state index < -0.39 is 0 Å². The SMILES string of the molecule is COCCNC(=O)c1ccc2c(c1)[C@H]1[C@@H]3CC[C@H](C3)[C@@H]1[C@H](c1ccccc1)N2. The lowest BCUT2D eigenvalue weighted by Crippen LogP contribution is -2.36. The summed E-state index contributed by atoms with van der Waals surface area (Å²) in [6.07, 6.45) is 4.02. The summed E-state index contributed by atoms with van der Waals surface area (Å²) in [6, 6.07) is 17.5. The van der Waals surface area contributed by atoms with Crippen LogP contribution in [-0.4, -0.2) is 26.2 Å². The lowest BCUT2D eigenvalue weighted by Gasteiger charge is -2.43. The normalized spacial score (nSPS) is 29.7. The maximum atomic E-state index is 12.6. The van der Waals surface area contributed by atoms with Crippen LogP contribution in [0, 0.1) is 17.8 Å². The van der Waals surface area contributed by atoms with Gasteiger partial charge in [-0.2, -0.15) is 0 Å². The van der Waals surface area contributed by atoms with Gasteiger partial charge in [-0.05, 0) is 72.3 Å². The molecule has 3 aliphatic rings. The third-order valence-electron chi connectivity index (χ3n) is 7.10. The second kappa shape index (κ2) is 7.25. The standard InChI is InChI=1S/C24H28N2O2/c1-28-12-11-25-24(27)18-9-10-20-19(14-18)21-16-7-8-17(13-16)22(21)23(26-20)15-5-3-2-4-6-15/h2-6,9-10,14,16-17,21-23,26H,7-8,11-13H2,1H3,(H,25,27)/t16-,17-,21-,22+,23+/m1/s1. The Kier molecular flexibility index (Phi) is 4.59. The number of fused-ring (bicyclic) bond motifs is 7. The molecule has 0 saturated heterocycles. The third kappa shape index (κ3) is 2.91. The van der Waals surface area contributed by atoms with E-state index in [4.69, 9.17) is 4.74 Å². The Hall–Kier alpha value is -2.33. The summed E-state index contributed by atoms with van der Waals surface area (Å²) in [5.74, 6) is 2.73. The number of hydrogen-bond donors (Lipinski definition) is 2. The highest BCUT2D eigenvalue weighted by Gasteiger charge is 2.53. The highest BCUT2D eigenvalue weighted by molar-refractivity contribution is 5.95. The minimum absolute atomic E-state index is 0.00950. The van der Waals surface area contributed by atoms with E-state index in [1.807, 2.05) is 6.07 Å². The number of methoxy groups -OCH3 is 1. The highest BCUT2D eigenvalue weighted by Crippen LogP contribution is 2.63. The van der Waals surface area contributed by atoms with Gasteiger partial charge in [-0.1, -0.05) is 30.3 Å². The van der Waals surface area contributed by atoms with E-state index in [0.29, 0.717) is 31.0 Å². The van der Waals surface area contributed by atoms with Crippen molar-refractivity contribution < 1.29 is 9.53 Å². The number of amides is 1. The van der Waals surface area contributed by atoms with Gasteiger partial charge in [0.15, 0.2) is 0 Å². The van der Waals surface area contributed by atoms with E-state index in [0.717, 1.165) is 17.4 Å². The number of carbonyl (C=O) groups excluding carboxylic acids is 1. The number of carbonyl (C=O) groups is 1. The molecule has 5 rings (SSSR count). The van der Waals surface area contributed by atoms with Crippen molar-refractivity contribution in [3.63, 3.8) is 0 Å². The van der Waals surface area contributed by atoms with Gasteiger partial charge < -0.3 is 15.4 Å². The predicted octanol–water partition coefficient (Wildman–Crippen LogP) is 4.36. The van der Waals surface area contributed by atoms with Crippen LogP contribution in [0.2, 0.25) is 0 Å². The number of rotatable bonds is 5. The van der Waals surface area contributed by atoms with E-state index in [1.165, 1.54) is 36.1 Å². The Balaban J connectivity index is 1.49. The molecule has 2 aliphatic carbocycles. The molecular formula is C24H28N2O2. The summed E-state index contributed by atoms with van der Waals surface area (Å²) < 4.78 is 5.04. The van der Waals surface area contributed by atoms with Gasteiger partial charge >= 0.3 is 0 Å². The third-order valence-corrected chi connectivity index (χ3v) is 7.10. The van der Waals surface area contributed by atoms with Crippen molar-refractivity contribution in [2.45, 2.75) is 31.2 Å². The first-order chi connectivity index (χ1) is 13.8. The fraction of sp³-hybridized carbons (Fsp3) is 0.458. The average Bonchev–Trinajstić information content (AvgIpc) is 3.36. The van der Waals surface area contributed by atoms with Crippen molar-refractivity contribution in [2.75, 3.05) is 25.6 Å². The molecule has 4 nitrogen and oxygen atoms in total. The summed E-state index contributed by atoms with van der Waals surface area (Å²) in [7, 11) is 1.65. The number of ether oxygens (including phenoxy) is 1. The Morgan fingerprint density at radius 2 is 1.96 bits per heavy atom. The summed E-state index contributed by atoms with van der Waals surface area (Å²) in [4.78, 5) is 12.6.